The number of nitrogens with zero attached hydrogens (tertiary/aromatic N) is 1. The van der Waals surface area contributed by atoms with Gasteiger partial charge in [0.05, 0.1) is 16.8 Å². The normalized spacial score (nSPS) is 15.5. The summed E-state index contributed by atoms with van der Waals surface area (Å²) in [6.45, 7) is 3.03. The van der Waals surface area contributed by atoms with Gasteiger partial charge in [-0.3, -0.25) is 24.1 Å². The van der Waals surface area contributed by atoms with Crippen LogP contribution >= 0.6 is 0 Å². The molecule has 2 aromatic rings. The number of hydrogen-bond donors (Lipinski definition) is 1. The first kappa shape index (κ1) is 22.2. The topological polar surface area (TPSA) is 119 Å². The Morgan fingerprint density at radius 1 is 1.06 bits per heavy atom. The lowest BCUT2D eigenvalue weighted by molar-refractivity contribution is -0.147. The lowest BCUT2D eigenvalue weighted by Gasteiger charge is -2.26. The highest BCUT2D eigenvalue weighted by Crippen LogP contribution is 2.29. The van der Waals surface area contributed by atoms with Crippen LogP contribution in [-0.4, -0.2) is 53.6 Å². The number of fused-ring (bicyclic) bond motifs is 2. The molecule has 9 nitrogen and oxygen atoms in total. The molecule has 3 amide bonds. The van der Waals surface area contributed by atoms with Gasteiger partial charge in [-0.05, 0) is 42.7 Å². The number of Topliss-reactive ketones (excluding diaryl/α,β-unsaturated/α-hetero) is 1. The zero-order valence-electron chi connectivity index (χ0n) is 18.1. The quantitative estimate of drug-likeness (QED) is 0.391. The van der Waals surface area contributed by atoms with E-state index in [0.717, 1.165) is 4.90 Å². The standard InChI is InChI=1S/C24H22N2O7/c1-13(2)9-18(26-22(29)15-5-3-4-6-16(15)23(26)30)24(31)33-11-19(27)14-7-8-20-17(10-14)25-21(28)12-32-20/h3-8,10,13,18H,9,11-12H2,1-2H3,(H,25,28)/t18-/m0/s1. The van der Waals surface area contributed by atoms with E-state index in [4.69, 9.17) is 9.47 Å². The Kier molecular flexibility index (Phi) is 5.95. The van der Waals surface area contributed by atoms with Crippen LogP contribution in [0.15, 0.2) is 42.5 Å². The molecule has 9 heteroatoms. The molecule has 0 radical (unpaired) electrons. The van der Waals surface area contributed by atoms with Gasteiger partial charge in [0.2, 0.25) is 0 Å². The number of hydrogen-bond acceptors (Lipinski definition) is 7. The van der Waals surface area contributed by atoms with E-state index in [9.17, 15) is 24.0 Å². The van der Waals surface area contributed by atoms with Gasteiger partial charge in [-0.1, -0.05) is 26.0 Å². The minimum atomic E-state index is -1.15. The average Bonchev–Trinajstić information content (AvgIpc) is 3.05. The van der Waals surface area contributed by atoms with E-state index >= 15 is 0 Å². The third-order valence-electron chi connectivity index (χ3n) is 5.38. The van der Waals surface area contributed by atoms with E-state index in [1.807, 2.05) is 13.8 Å². The summed E-state index contributed by atoms with van der Waals surface area (Å²) in [5.74, 6) is -2.38. The monoisotopic (exact) mass is 450 g/mol. The molecule has 2 aliphatic rings. The summed E-state index contributed by atoms with van der Waals surface area (Å²) in [6, 6.07) is 9.71. The Bertz CT molecular complexity index is 1140. The highest BCUT2D eigenvalue weighted by molar-refractivity contribution is 6.22. The van der Waals surface area contributed by atoms with Gasteiger partial charge < -0.3 is 14.8 Å². The van der Waals surface area contributed by atoms with Crippen LogP contribution in [0.25, 0.3) is 0 Å². The predicted molar refractivity (Wildman–Crippen MR) is 116 cm³/mol. The van der Waals surface area contributed by atoms with E-state index in [1.165, 1.54) is 24.3 Å². The molecule has 0 aliphatic carbocycles. The molecule has 0 saturated heterocycles. The second kappa shape index (κ2) is 8.85. The summed E-state index contributed by atoms with van der Waals surface area (Å²) in [4.78, 5) is 63.6. The molecule has 4 rings (SSSR count). The van der Waals surface area contributed by atoms with Crippen molar-refractivity contribution < 1.29 is 33.4 Å². The molecule has 1 atom stereocenters. The maximum Gasteiger partial charge on any atom is 0.329 e. The van der Waals surface area contributed by atoms with Gasteiger partial charge in [0.25, 0.3) is 17.7 Å². The van der Waals surface area contributed by atoms with Crippen LogP contribution in [0.2, 0.25) is 0 Å². The fourth-order valence-corrected chi connectivity index (χ4v) is 3.82. The number of nitrogens with one attached hydrogen (secondary N) is 1. The van der Waals surface area contributed by atoms with Crippen LogP contribution in [0.5, 0.6) is 5.75 Å². The Hall–Kier alpha value is -4.01. The molecule has 0 unspecified atom stereocenters. The molecular weight excluding hydrogens is 428 g/mol. The van der Waals surface area contributed by atoms with Gasteiger partial charge in [-0.2, -0.15) is 0 Å². The Balaban J connectivity index is 1.48. The number of carbonyl (C=O) groups is 5. The van der Waals surface area contributed by atoms with Gasteiger partial charge in [0.15, 0.2) is 19.0 Å². The van der Waals surface area contributed by atoms with E-state index in [2.05, 4.69) is 5.32 Å². The maximum atomic E-state index is 12.9. The zero-order valence-corrected chi connectivity index (χ0v) is 18.1. The van der Waals surface area contributed by atoms with Crippen molar-refractivity contribution >= 4 is 35.2 Å². The van der Waals surface area contributed by atoms with E-state index in [0.29, 0.717) is 11.4 Å². The third kappa shape index (κ3) is 4.34. The van der Waals surface area contributed by atoms with Gasteiger partial charge >= 0.3 is 5.97 Å². The number of ketones is 1. The highest BCUT2D eigenvalue weighted by atomic mass is 16.5. The fourth-order valence-electron chi connectivity index (χ4n) is 3.82. The van der Waals surface area contributed by atoms with Crippen molar-refractivity contribution in [2.24, 2.45) is 5.92 Å². The molecule has 170 valence electrons. The van der Waals surface area contributed by atoms with Crippen LogP contribution in [0.4, 0.5) is 5.69 Å². The van der Waals surface area contributed by atoms with Crippen LogP contribution < -0.4 is 10.1 Å². The summed E-state index contributed by atoms with van der Waals surface area (Å²) in [5.41, 5.74) is 1.04. The van der Waals surface area contributed by atoms with Crippen LogP contribution in [-0.2, 0) is 14.3 Å². The Morgan fingerprint density at radius 2 is 1.73 bits per heavy atom. The van der Waals surface area contributed by atoms with Crippen molar-refractivity contribution in [3.8, 4) is 5.75 Å². The summed E-state index contributed by atoms with van der Waals surface area (Å²) in [6.07, 6.45) is 0.195. The molecule has 0 fully saturated rings. The van der Waals surface area contributed by atoms with Crippen LogP contribution in [0.3, 0.4) is 0 Å². The van der Waals surface area contributed by atoms with Crippen molar-refractivity contribution in [3.63, 3.8) is 0 Å². The number of amides is 3. The summed E-state index contributed by atoms with van der Waals surface area (Å²) >= 11 is 0. The summed E-state index contributed by atoms with van der Waals surface area (Å²) in [7, 11) is 0. The number of anilines is 1. The molecule has 0 spiro atoms. The molecule has 0 saturated carbocycles. The van der Waals surface area contributed by atoms with Crippen molar-refractivity contribution in [2.45, 2.75) is 26.3 Å². The van der Waals surface area contributed by atoms with Crippen molar-refractivity contribution in [2.75, 3.05) is 18.5 Å². The van der Waals surface area contributed by atoms with Crippen LogP contribution in [0.1, 0.15) is 51.3 Å². The van der Waals surface area contributed by atoms with Gasteiger partial charge in [0, 0.05) is 5.56 Å². The minimum Gasteiger partial charge on any atom is -0.482 e. The van der Waals surface area contributed by atoms with Crippen LogP contribution in [0, 0.1) is 5.92 Å². The van der Waals surface area contributed by atoms with E-state index in [1.54, 1.807) is 18.2 Å². The molecule has 0 aromatic heterocycles. The SMILES string of the molecule is CC(C)C[C@@H](C(=O)OCC(=O)c1ccc2c(c1)NC(=O)CO2)N1C(=O)c2ccccc2C1=O. The van der Waals surface area contributed by atoms with Crippen molar-refractivity contribution in [1.82, 2.24) is 4.90 Å². The Morgan fingerprint density at radius 3 is 2.36 bits per heavy atom. The molecule has 2 aromatic carbocycles. The lowest BCUT2D eigenvalue weighted by Crippen LogP contribution is -2.46. The second-order valence-electron chi connectivity index (χ2n) is 8.25. The average molecular weight is 450 g/mol. The van der Waals surface area contributed by atoms with Crippen molar-refractivity contribution in [3.05, 3.63) is 59.2 Å². The number of benzene rings is 2. The fraction of sp³-hybridized carbons (Fsp3) is 0.292. The number of carbonyl (C=O) groups excluding carboxylic acids is 5. The summed E-state index contributed by atoms with van der Waals surface area (Å²) in [5, 5.41) is 2.61. The molecule has 1 N–H and O–H groups in total. The predicted octanol–water partition coefficient (Wildman–Crippen LogP) is 2.45. The lowest BCUT2D eigenvalue weighted by atomic mass is 10.0. The van der Waals surface area contributed by atoms with Gasteiger partial charge in [-0.15, -0.1) is 0 Å². The number of esters is 1. The van der Waals surface area contributed by atoms with Gasteiger partial charge in [0.1, 0.15) is 11.8 Å². The van der Waals surface area contributed by atoms with Gasteiger partial charge in [-0.25, -0.2) is 4.79 Å². The first-order valence-corrected chi connectivity index (χ1v) is 10.5. The number of ether oxygens (including phenoxy) is 2. The number of rotatable bonds is 7. The highest BCUT2D eigenvalue weighted by Gasteiger charge is 2.43. The first-order valence-electron chi connectivity index (χ1n) is 10.5. The zero-order chi connectivity index (χ0) is 23.7. The Labute approximate surface area is 189 Å². The first-order chi connectivity index (χ1) is 15.8. The summed E-state index contributed by atoms with van der Waals surface area (Å²) < 4.78 is 10.5. The largest absolute Gasteiger partial charge is 0.482 e. The molecule has 0 bridgehead atoms. The molecule has 2 aliphatic heterocycles. The molecule has 33 heavy (non-hydrogen) atoms. The van der Waals surface area contributed by atoms with E-state index in [-0.39, 0.29) is 41.5 Å². The number of imide groups is 1. The molecule has 2 heterocycles. The van der Waals surface area contributed by atoms with Crippen molar-refractivity contribution in [1.29, 1.82) is 0 Å². The minimum absolute atomic E-state index is 0.0215. The third-order valence-corrected chi connectivity index (χ3v) is 5.38. The van der Waals surface area contributed by atoms with E-state index < -0.39 is 36.2 Å². The maximum absolute atomic E-state index is 12.9. The second-order valence-corrected chi connectivity index (χ2v) is 8.25. The molecular formula is C24H22N2O7. The smallest absolute Gasteiger partial charge is 0.329 e.